The summed E-state index contributed by atoms with van der Waals surface area (Å²) in [5.74, 6) is 0.505. The molecule has 0 radical (unpaired) electrons. The van der Waals surface area contributed by atoms with Crippen LogP contribution < -0.4 is 5.73 Å². The van der Waals surface area contributed by atoms with E-state index in [0.717, 1.165) is 16.3 Å². The van der Waals surface area contributed by atoms with Crippen molar-refractivity contribution in [2.24, 2.45) is 7.05 Å². The summed E-state index contributed by atoms with van der Waals surface area (Å²) in [5.41, 5.74) is 9.05. The lowest BCUT2D eigenvalue weighted by molar-refractivity contribution is 0.781. The summed E-state index contributed by atoms with van der Waals surface area (Å²) in [6.07, 6.45) is 0. The Kier molecular flexibility index (Phi) is 3.65. The molecule has 0 saturated heterocycles. The Morgan fingerprint density at radius 1 is 1.19 bits per heavy atom. The average molecular weight is 339 g/mol. The molecule has 3 aromatic rings. The van der Waals surface area contributed by atoms with Crippen LogP contribution in [0.2, 0.25) is 10.0 Å². The van der Waals surface area contributed by atoms with E-state index in [9.17, 15) is 0 Å². The van der Waals surface area contributed by atoms with Crippen LogP contribution in [0.15, 0.2) is 23.6 Å². The molecule has 0 bridgehead atoms. The van der Waals surface area contributed by atoms with Crippen LogP contribution in [0, 0.1) is 6.92 Å². The number of nitrogens with zero attached hydrogens (tertiary/aromatic N) is 3. The van der Waals surface area contributed by atoms with Crippen LogP contribution in [0.1, 0.15) is 5.01 Å². The predicted molar refractivity (Wildman–Crippen MR) is 88.9 cm³/mol. The zero-order valence-corrected chi connectivity index (χ0v) is 13.7. The van der Waals surface area contributed by atoms with Gasteiger partial charge in [0.05, 0.1) is 20.6 Å². The number of thiazole rings is 1. The van der Waals surface area contributed by atoms with Gasteiger partial charge in [-0.15, -0.1) is 11.3 Å². The van der Waals surface area contributed by atoms with Crippen molar-refractivity contribution in [3.63, 3.8) is 0 Å². The van der Waals surface area contributed by atoms with E-state index in [0.29, 0.717) is 27.1 Å². The van der Waals surface area contributed by atoms with E-state index in [2.05, 4.69) is 10.1 Å². The smallest absolute Gasteiger partial charge is 0.130 e. The first kappa shape index (κ1) is 14.4. The number of benzene rings is 1. The highest BCUT2D eigenvalue weighted by Crippen LogP contribution is 2.43. The summed E-state index contributed by atoms with van der Waals surface area (Å²) < 4.78 is 1.61. The summed E-state index contributed by atoms with van der Waals surface area (Å²) in [7, 11) is 1.78. The van der Waals surface area contributed by atoms with E-state index < -0.39 is 0 Å². The van der Waals surface area contributed by atoms with Crippen molar-refractivity contribution >= 4 is 40.4 Å². The average Bonchev–Trinajstić information content (AvgIpc) is 2.97. The van der Waals surface area contributed by atoms with Crippen molar-refractivity contribution < 1.29 is 0 Å². The van der Waals surface area contributed by atoms with Gasteiger partial charge in [-0.25, -0.2) is 4.98 Å². The molecule has 4 nitrogen and oxygen atoms in total. The highest BCUT2D eigenvalue weighted by molar-refractivity contribution is 7.09. The van der Waals surface area contributed by atoms with Gasteiger partial charge in [-0.3, -0.25) is 4.68 Å². The lowest BCUT2D eigenvalue weighted by Gasteiger charge is -2.07. The third-order valence-electron chi connectivity index (χ3n) is 3.17. The monoisotopic (exact) mass is 338 g/mol. The van der Waals surface area contributed by atoms with E-state index in [1.54, 1.807) is 41.3 Å². The van der Waals surface area contributed by atoms with Crippen LogP contribution in [-0.4, -0.2) is 14.8 Å². The topological polar surface area (TPSA) is 56.7 Å². The molecule has 2 N–H and O–H groups in total. The molecule has 3 rings (SSSR count). The molecule has 0 fully saturated rings. The van der Waals surface area contributed by atoms with E-state index >= 15 is 0 Å². The van der Waals surface area contributed by atoms with Gasteiger partial charge in [-0.1, -0.05) is 29.3 Å². The normalized spacial score (nSPS) is 11.0. The highest BCUT2D eigenvalue weighted by atomic mass is 35.5. The van der Waals surface area contributed by atoms with Crippen molar-refractivity contribution in [3.05, 3.63) is 38.6 Å². The molecule has 1 aromatic carbocycles. The molecule has 0 amide bonds. The first-order valence-corrected chi connectivity index (χ1v) is 7.82. The number of nitrogens with two attached hydrogens (primary N) is 1. The van der Waals surface area contributed by atoms with Crippen LogP contribution in [0.5, 0.6) is 0 Å². The minimum atomic E-state index is 0.505. The van der Waals surface area contributed by atoms with Crippen LogP contribution >= 0.6 is 34.5 Å². The molecular formula is C14H12Cl2N4S. The summed E-state index contributed by atoms with van der Waals surface area (Å²) in [4.78, 5) is 4.48. The van der Waals surface area contributed by atoms with Crippen molar-refractivity contribution in [1.82, 2.24) is 14.8 Å². The molecule has 108 valence electrons. The summed E-state index contributed by atoms with van der Waals surface area (Å²) in [5, 5.41) is 8.46. The number of rotatable bonds is 2. The maximum atomic E-state index is 6.32. The van der Waals surface area contributed by atoms with Gasteiger partial charge >= 0.3 is 0 Å². The molecule has 0 atom stereocenters. The van der Waals surface area contributed by atoms with Crippen LogP contribution in [0.3, 0.4) is 0 Å². The summed E-state index contributed by atoms with van der Waals surface area (Å²) in [6.45, 7) is 1.95. The van der Waals surface area contributed by atoms with Gasteiger partial charge in [0.1, 0.15) is 17.2 Å². The molecule has 0 saturated carbocycles. The van der Waals surface area contributed by atoms with Crippen LogP contribution in [-0.2, 0) is 7.05 Å². The molecule has 2 heterocycles. The Hall–Kier alpha value is -1.56. The second-order valence-electron chi connectivity index (χ2n) is 4.58. The Morgan fingerprint density at radius 2 is 1.86 bits per heavy atom. The van der Waals surface area contributed by atoms with Gasteiger partial charge < -0.3 is 5.73 Å². The second-order valence-corrected chi connectivity index (χ2v) is 6.46. The van der Waals surface area contributed by atoms with Crippen molar-refractivity contribution in [2.75, 3.05) is 5.73 Å². The fourth-order valence-electron chi connectivity index (χ4n) is 2.17. The first-order chi connectivity index (χ1) is 9.99. The lowest BCUT2D eigenvalue weighted by Crippen LogP contribution is -1.98. The fraction of sp³-hybridized carbons (Fsp3) is 0.143. The molecule has 21 heavy (non-hydrogen) atoms. The van der Waals surface area contributed by atoms with Crippen molar-refractivity contribution in [1.29, 1.82) is 0 Å². The zero-order valence-electron chi connectivity index (χ0n) is 11.4. The molecule has 7 heteroatoms. The molecule has 0 aliphatic heterocycles. The van der Waals surface area contributed by atoms with Gasteiger partial charge in [-0.2, -0.15) is 5.10 Å². The van der Waals surface area contributed by atoms with Crippen molar-refractivity contribution in [3.8, 4) is 22.5 Å². The van der Waals surface area contributed by atoms with E-state index in [-0.39, 0.29) is 0 Å². The Morgan fingerprint density at radius 3 is 2.43 bits per heavy atom. The third-order valence-corrected chi connectivity index (χ3v) is 4.57. The first-order valence-electron chi connectivity index (χ1n) is 6.18. The SMILES string of the molecule is Cc1nc(-c2nn(C)c(N)c2-c2c(Cl)cccc2Cl)cs1. The van der Waals surface area contributed by atoms with Gasteiger partial charge in [0.2, 0.25) is 0 Å². The van der Waals surface area contributed by atoms with E-state index in [4.69, 9.17) is 28.9 Å². The van der Waals surface area contributed by atoms with E-state index in [1.807, 2.05) is 12.3 Å². The van der Waals surface area contributed by atoms with Gasteiger partial charge in [0.15, 0.2) is 0 Å². The fourth-order valence-corrected chi connectivity index (χ4v) is 3.36. The standard InChI is InChI=1S/C14H12Cl2N4S/c1-7-18-10(6-21-7)13-12(14(17)20(2)19-13)11-8(15)4-3-5-9(11)16/h3-6H,17H2,1-2H3. The number of hydrogen-bond acceptors (Lipinski definition) is 4. The largest absolute Gasteiger partial charge is 0.383 e. The quantitative estimate of drug-likeness (QED) is 0.752. The Bertz CT molecular complexity index is 802. The number of aryl methyl sites for hydroxylation is 2. The number of nitrogen functional groups attached to an aromatic ring is 1. The summed E-state index contributed by atoms with van der Waals surface area (Å²) >= 11 is 14.2. The highest BCUT2D eigenvalue weighted by Gasteiger charge is 2.22. The minimum absolute atomic E-state index is 0.505. The Balaban J connectivity index is 2.32. The predicted octanol–water partition coefficient (Wildman–Crippen LogP) is 4.41. The Labute approximate surface area is 136 Å². The number of aromatic nitrogens is 3. The van der Waals surface area contributed by atoms with Gasteiger partial charge in [0.25, 0.3) is 0 Å². The van der Waals surface area contributed by atoms with Gasteiger partial charge in [-0.05, 0) is 19.1 Å². The zero-order chi connectivity index (χ0) is 15.1. The number of hydrogen-bond donors (Lipinski definition) is 1. The molecule has 2 aromatic heterocycles. The second kappa shape index (κ2) is 5.33. The lowest BCUT2D eigenvalue weighted by atomic mass is 10.0. The molecule has 0 aliphatic carbocycles. The third kappa shape index (κ3) is 2.41. The minimum Gasteiger partial charge on any atom is -0.383 e. The van der Waals surface area contributed by atoms with Crippen LogP contribution in [0.4, 0.5) is 5.82 Å². The molecule has 0 unspecified atom stereocenters. The molecule has 0 aliphatic rings. The van der Waals surface area contributed by atoms with E-state index in [1.165, 1.54) is 0 Å². The summed E-state index contributed by atoms with van der Waals surface area (Å²) in [6, 6.07) is 5.37. The molecular weight excluding hydrogens is 327 g/mol. The number of anilines is 1. The van der Waals surface area contributed by atoms with Crippen molar-refractivity contribution in [2.45, 2.75) is 6.92 Å². The van der Waals surface area contributed by atoms with Crippen LogP contribution in [0.25, 0.3) is 22.5 Å². The van der Waals surface area contributed by atoms with Gasteiger partial charge in [0, 0.05) is 18.0 Å². The maximum absolute atomic E-state index is 6.32. The maximum Gasteiger partial charge on any atom is 0.130 e. The number of halogens is 2. The molecule has 0 spiro atoms.